The van der Waals surface area contributed by atoms with Gasteiger partial charge in [0.05, 0.1) is 13.2 Å². The van der Waals surface area contributed by atoms with E-state index in [1.165, 1.54) is 0 Å². The summed E-state index contributed by atoms with van der Waals surface area (Å²) >= 11 is 6.11. The lowest BCUT2D eigenvalue weighted by Crippen LogP contribution is -2.33. The second-order valence-electron chi connectivity index (χ2n) is 4.30. The van der Waals surface area contributed by atoms with Crippen LogP contribution in [0.25, 0.3) is 0 Å². The van der Waals surface area contributed by atoms with Crippen LogP contribution in [0, 0.1) is 0 Å². The molecule has 0 fully saturated rings. The second-order valence-corrected chi connectivity index (χ2v) is 4.70. The monoisotopic (exact) mass is 264 g/mol. The Morgan fingerprint density at radius 2 is 2.22 bits per heavy atom. The molecule has 3 rings (SSSR count). The summed E-state index contributed by atoms with van der Waals surface area (Å²) in [5, 5.41) is 17.7. The maximum Gasteiger partial charge on any atom is 0.152 e. The third kappa shape index (κ3) is 1.95. The highest BCUT2D eigenvalue weighted by Crippen LogP contribution is 2.26. The van der Waals surface area contributed by atoms with E-state index in [0.717, 1.165) is 36.7 Å². The van der Waals surface area contributed by atoms with Crippen LogP contribution in [-0.2, 0) is 19.7 Å². The zero-order valence-electron chi connectivity index (χ0n) is 9.75. The van der Waals surface area contributed by atoms with Crippen LogP contribution in [-0.4, -0.2) is 26.4 Å². The molecule has 0 unspecified atom stereocenters. The maximum atomic E-state index is 9.10. The first kappa shape index (κ1) is 11.5. The van der Waals surface area contributed by atoms with Crippen LogP contribution in [0.3, 0.4) is 0 Å². The Morgan fingerprint density at radius 1 is 1.33 bits per heavy atom. The normalized spacial score (nSPS) is 14.7. The van der Waals surface area contributed by atoms with Crippen molar-refractivity contribution in [3.05, 3.63) is 40.9 Å². The predicted octanol–water partition coefficient (Wildman–Crippen LogP) is 1.44. The van der Waals surface area contributed by atoms with Gasteiger partial charge in [0.2, 0.25) is 0 Å². The SMILES string of the molecule is OCc1ccc(N2CCn3cnnc3C2)cc1Cl. The van der Waals surface area contributed by atoms with Crippen molar-refractivity contribution in [2.75, 3.05) is 11.4 Å². The zero-order valence-corrected chi connectivity index (χ0v) is 10.5. The van der Waals surface area contributed by atoms with E-state index in [1.54, 1.807) is 6.33 Å². The Balaban J connectivity index is 1.86. The van der Waals surface area contributed by atoms with Crippen LogP contribution in [0.1, 0.15) is 11.4 Å². The summed E-state index contributed by atoms with van der Waals surface area (Å²) in [5.74, 6) is 0.962. The van der Waals surface area contributed by atoms with Crippen molar-refractivity contribution in [2.45, 2.75) is 19.7 Å². The lowest BCUT2D eigenvalue weighted by Gasteiger charge is -2.29. The summed E-state index contributed by atoms with van der Waals surface area (Å²) in [4.78, 5) is 2.21. The molecule has 1 N–H and O–H groups in total. The molecule has 0 saturated heterocycles. The number of hydrogen-bond acceptors (Lipinski definition) is 4. The number of nitrogens with zero attached hydrogens (tertiary/aromatic N) is 4. The number of anilines is 1. The van der Waals surface area contributed by atoms with Gasteiger partial charge < -0.3 is 14.6 Å². The fourth-order valence-corrected chi connectivity index (χ4v) is 2.38. The molecule has 1 aromatic heterocycles. The minimum absolute atomic E-state index is 0.0343. The number of aliphatic hydroxyl groups excluding tert-OH is 1. The van der Waals surface area contributed by atoms with E-state index in [9.17, 15) is 0 Å². The molecule has 0 saturated carbocycles. The highest BCUT2D eigenvalue weighted by Gasteiger charge is 2.18. The van der Waals surface area contributed by atoms with E-state index in [0.29, 0.717) is 5.02 Å². The van der Waals surface area contributed by atoms with E-state index in [1.807, 2.05) is 18.2 Å². The number of halogens is 1. The maximum absolute atomic E-state index is 9.10. The van der Waals surface area contributed by atoms with E-state index in [2.05, 4.69) is 19.7 Å². The van der Waals surface area contributed by atoms with Gasteiger partial charge in [-0.2, -0.15) is 0 Å². The molecule has 2 heterocycles. The molecule has 0 aliphatic carbocycles. The number of fused-ring (bicyclic) bond motifs is 1. The van der Waals surface area contributed by atoms with Crippen molar-refractivity contribution >= 4 is 17.3 Å². The topological polar surface area (TPSA) is 54.2 Å². The molecule has 18 heavy (non-hydrogen) atoms. The third-order valence-electron chi connectivity index (χ3n) is 3.21. The molecule has 6 heteroatoms. The van der Waals surface area contributed by atoms with Gasteiger partial charge in [-0.25, -0.2) is 0 Å². The molecule has 0 radical (unpaired) electrons. The van der Waals surface area contributed by atoms with Gasteiger partial charge in [0.15, 0.2) is 5.82 Å². The van der Waals surface area contributed by atoms with Crippen LogP contribution in [0.4, 0.5) is 5.69 Å². The highest BCUT2D eigenvalue weighted by molar-refractivity contribution is 6.31. The Bertz CT molecular complexity index is 569. The standard InChI is InChI=1S/C12H13ClN4O/c13-11-5-10(2-1-9(11)7-18)16-3-4-17-8-14-15-12(17)6-16/h1-2,5,8,18H,3-4,6-7H2. The summed E-state index contributed by atoms with van der Waals surface area (Å²) < 4.78 is 2.06. The predicted molar refractivity (Wildman–Crippen MR) is 68.4 cm³/mol. The average molecular weight is 265 g/mol. The molecule has 0 spiro atoms. The highest BCUT2D eigenvalue weighted by atomic mass is 35.5. The van der Waals surface area contributed by atoms with Crippen LogP contribution in [0.15, 0.2) is 24.5 Å². The van der Waals surface area contributed by atoms with E-state index in [4.69, 9.17) is 16.7 Å². The molecule has 0 bridgehead atoms. The zero-order chi connectivity index (χ0) is 12.5. The van der Waals surface area contributed by atoms with Crippen LogP contribution >= 0.6 is 11.6 Å². The van der Waals surface area contributed by atoms with Crippen LogP contribution < -0.4 is 4.90 Å². The summed E-state index contributed by atoms with van der Waals surface area (Å²) in [6.45, 7) is 2.48. The molecule has 0 atom stereocenters. The van der Waals surface area contributed by atoms with Crippen molar-refractivity contribution in [1.82, 2.24) is 14.8 Å². The molecular formula is C12H13ClN4O. The molecular weight excluding hydrogens is 252 g/mol. The summed E-state index contributed by atoms with van der Waals surface area (Å²) in [6, 6.07) is 5.72. The van der Waals surface area contributed by atoms with Gasteiger partial charge in [0.1, 0.15) is 6.33 Å². The Kier molecular flexibility index (Phi) is 2.93. The summed E-state index contributed by atoms with van der Waals surface area (Å²) in [7, 11) is 0. The second kappa shape index (κ2) is 4.59. The third-order valence-corrected chi connectivity index (χ3v) is 3.56. The average Bonchev–Trinajstić information content (AvgIpc) is 2.85. The van der Waals surface area contributed by atoms with Crippen LogP contribution in [0.5, 0.6) is 0 Å². The number of rotatable bonds is 2. The minimum Gasteiger partial charge on any atom is -0.392 e. The van der Waals surface area contributed by atoms with Crippen molar-refractivity contribution in [2.24, 2.45) is 0 Å². The number of hydrogen-bond donors (Lipinski definition) is 1. The Labute approximate surface area is 110 Å². The molecule has 94 valence electrons. The Hall–Kier alpha value is -1.59. The quantitative estimate of drug-likeness (QED) is 0.892. The summed E-state index contributed by atoms with van der Waals surface area (Å²) in [5.41, 5.74) is 1.80. The molecule has 1 aromatic carbocycles. The molecule has 0 amide bonds. The van der Waals surface area contributed by atoms with E-state index >= 15 is 0 Å². The fraction of sp³-hybridized carbons (Fsp3) is 0.333. The summed E-state index contributed by atoms with van der Waals surface area (Å²) in [6.07, 6.45) is 1.76. The van der Waals surface area contributed by atoms with Crippen molar-refractivity contribution in [3.63, 3.8) is 0 Å². The number of aliphatic hydroxyl groups is 1. The number of aromatic nitrogens is 3. The largest absolute Gasteiger partial charge is 0.392 e. The number of benzene rings is 1. The van der Waals surface area contributed by atoms with Gasteiger partial charge in [0.25, 0.3) is 0 Å². The van der Waals surface area contributed by atoms with E-state index in [-0.39, 0.29) is 6.61 Å². The lowest BCUT2D eigenvalue weighted by molar-refractivity contribution is 0.282. The fourth-order valence-electron chi connectivity index (χ4n) is 2.15. The molecule has 1 aliphatic rings. The van der Waals surface area contributed by atoms with Gasteiger partial charge in [-0.15, -0.1) is 10.2 Å². The minimum atomic E-state index is -0.0343. The van der Waals surface area contributed by atoms with Gasteiger partial charge in [-0.1, -0.05) is 17.7 Å². The van der Waals surface area contributed by atoms with Crippen molar-refractivity contribution in [3.8, 4) is 0 Å². The first-order chi connectivity index (χ1) is 8.78. The molecule has 1 aliphatic heterocycles. The molecule has 5 nitrogen and oxygen atoms in total. The molecule has 2 aromatic rings. The van der Waals surface area contributed by atoms with Gasteiger partial charge in [0, 0.05) is 23.8 Å². The van der Waals surface area contributed by atoms with Crippen molar-refractivity contribution < 1.29 is 5.11 Å². The first-order valence-corrected chi connectivity index (χ1v) is 6.16. The smallest absolute Gasteiger partial charge is 0.152 e. The van der Waals surface area contributed by atoms with Gasteiger partial charge in [-0.3, -0.25) is 0 Å². The van der Waals surface area contributed by atoms with Crippen molar-refractivity contribution in [1.29, 1.82) is 0 Å². The van der Waals surface area contributed by atoms with Crippen LogP contribution in [0.2, 0.25) is 5.02 Å². The lowest BCUT2D eigenvalue weighted by atomic mass is 10.2. The Morgan fingerprint density at radius 3 is 3.00 bits per heavy atom. The van der Waals surface area contributed by atoms with Gasteiger partial charge >= 0.3 is 0 Å². The van der Waals surface area contributed by atoms with Gasteiger partial charge in [-0.05, 0) is 17.7 Å². The first-order valence-electron chi connectivity index (χ1n) is 5.79. The van der Waals surface area contributed by atoms with E-state index < -0.39 is 0 Å².